The summed E-state index contributed by atoms with van der Waals surface area (Å²) < 4.78 is 61.8. The van der Waals surface area contributed by atoms with Gasteiger partial charge in [0.25, 0.3) is 0 Å². The van der Waals surface area contributed by atoms with E-state index in [2.05, 4.69) is 9.97 Å². The number of carboxylic acid groups (broad SMARTS) is 1. The van der Waals surface area contributed by atoms with Crippen LogP contribution in [0.25, 0.3) is 22.5 Å². The van der Waals surface area contributed by atoms with Crippen LogP contribution in [0, 0.1) is 0 Å². The van der Waals surface area contributed by atoms with Crippen molar-refractivity contribution in [2.24, 2.45) is 0 Å². The molecule has 0 saturated heterocycles. The van der Waals surface area contributed by atoms with Crippen LogP contribution in [0.3, 0.4) is 0 Å². The molecule has 7 heteroatoms. The summed E-state index contributed by atoms with van der Waals surface area (Å²) in [7, 11) is 0. The number of nitrogens with zero attached hydrogens (tertiary/aromatic N) is 3. The minimum Gasteiger partial charge on any atom is -0.548 e. The van der Waals surface area contributed by atoms with Gasteiger partial charge in [0.15, 0.2) is 0 Å². The van der Waals surface area contributed by atoms with Gasteiger partial charge in [0, 0.05) is 38.5 Å². The molecule has 0 aliphatic carbocycles. The van der Waals surface area contributed by atoms with Crippen molar-refractivity contribution >= 4 is 11.8 Å². The second-order valence-electron chi connectivity index (χ2n) is 6.79. The molecule has 0 N–H and O–H groups in total. The topological polar surface area (TPSA) is 78.4 Å². The maximum atomic E-state index is 10.5. The summed E-state index contributed by atoms with van der Waals surface area (Å²) >= 11 is 0. The predicted octanol–water partition coefficient (Wildman–Crippen LogP) is 0.576. The Hall–Kier alpha value is -2.25. The Labute approximate surface area is 221 Å². The van der Waals surface area contributed by atoms with Crippen molar-refractivity contribution in [3.63, 3.8) is 0 Å². The van der Waals surface area contributed by atoms with Crippen LogP contribution in [0.1, 0.15) is 36.1 Å². The van der Waals surface area contributed by atoms with Crippen molar-refractivity contribution in [2.45, 2.75) is 32.6 Å². The van der Waals surface area contributed by atoms with E-state index in [4.69, 9.17) is 14.3 Å². The maximum absolute atomic E-state index is 10.5. The summed E-state index contributed by atoms with van der Waals surface area (Å²) in [4.78, 5) is 20.7. The van der Waals surface area contributed by atoms with E-state index in [0.717, 1.165) is 10.5 Å². The van der Waals surface area contributed by atoms with Gasteiger partial charge in [0.1, 0.15) is 5.82 Å². The van der Waals surface area contributed by atoms with Crippen molar-refractivity contribution in [3.8, 4) is 22.5 Å². The van der Waals surface area contributed by atoms with E-state index < -0.39 is 32.3 Å². The summed E-state index contributed by atoms with van der Waals surface area (Å²) in [5, 5.41) is 10.5. The second kappa shape index (κ2) is 13.3. The Balaban J connectivity index is 0.00000533. The van der Waals surface area contributed by atoms with E-state index in [1.165, 1.54) is 6.20 Å². The van der Waals surface area contributed by atoms with Gasteiger partial charge in [0.2, 0.25) is 0 Å². The minimum absolute atomic E-state index is 0. The third-order valence-electron chi connectivity index (χ3n) is 4.54. The molecule has 162 valence electrons. The quantitative estimate of drug-likeness (QED) is 0.315. The van der Waals surface area contributed by atoms with Crippen molar-refractivity contribution in [1.82, 2.24) is 9.97 Å². The van der Waals surface area contributed by atoms with Crippen LogP contribution in [0.15, 0.2) is 66.9 Å². The van der Waals surface area contributed by atoms with Gasteiger partial charge in [-0.25, -0.2) is 4.98 Å². The molecule has 32 heavy (non-hydrogen) atoms. The molecule has 0 saturated carbocycles. The first-order valence-electron chi connectivity index (χ1n) is 13.4. The van der Waals surface area contributed by atoms with Crippen molar-refractivity contribution in [2.75, 3.05) is 24.7 Å². The summed E-state index contributed by atoms with van der Waals surface area (Å²) in [6, 6.07) is 15.2. The maximum Gasteiger partial charge on any atom is 1.00 e. The van der Waals surface area contributed by atoms with E-state index in [1.807, 2.05) is 48.5 Å². The molecule has 0 atom stereocenters. The molecule has 0 spiro atoms. The molecule has 0 fully saturated rings. The fraction of sp³-hybridized carbons (Fsp3) is 0.320. The summed E-state index contributed by atoms with van der Waals surface area (Å²) in [6.45, 7) is -7.22. The summed E-state index contributed by atoms with van der Waals surface area (Å²) in [5.74, 6) is -1.45. The van der Waals surface area contributed by atoms with Crippen LogP contribution < -0.4 is 39.6 Å². The number of carbonyl (C=O) groups excluding carboxylic acids is 1. The van der Waals surface area contributed by atoms with Gasteiger partial charge in [-0.1, -0.05) is 60.7 Å². The van der Waals surface area contributed by atoms with Gasteiger partial charge in [0.05, 0.1) is 31.5 Å². The molecule has 0 aliphatic heterocycles. The third kappa shape index (κ3) is 7.41. The molecule has 0 aliphatic rings. The molecule has 0 radical (unpaired) electrons. The first-order valence-corrected chi connectivity index (χ1v) is 9.89. The molecule has 0 unspecified atom stereocenters. The van der Waals surface area contributed by atoms with Crippen LogP contribution >= 0.6 is 0 Å². The molecule has 3 aromatic rings. The fourth-order valence-corrected chi connectivity index (χ4v) is 3.08. The number of aromatic nitrogens is 2. The number of carboxylic acids is 1. The van der Waals surface area contributed by atoms with Gasteiger partial charge >= 0.3 is 29.6 Å². The molecule has 0 bridgehead atoms. The van der Waals surface area contributed by atoms with Crippen LogP contribution in [-0.4, -0.2) is 41.7 Å². The third-order valence-corrected chi connectivity index (χ3v) is 4.54. The zero-order chi connectivity index (χ0) is 28.0. The second-order valence-corrected chi connectivity index (χ2v) is 6.79. The first-order chi connectivity index (χ1) is 17.9. The summed E-state index contributed by atoms with van der Waals surface area (Å²) in [5.41, 5.74) is 2.34. The Bertz CT molecular complexity index is 1200. The number of hydrogen-bond donors (Lipinski definition) is 0. The van der Waals surface area contributed by atoms with Crippen LogP contribution in [0.2, 0.25) is 0 Å². The number of anilines is 1. The van der Waals surface area contributed by atoms with E-state index >= 15 is 0 Å². The van der Waals surface area contributed by atoms with Crippen molar-refractivity contribution in [3.05, 3.63) is 66.9 Å². The monoisotopic (exact) mass is 448 g/mol. The largest absolute Gasteiger partial charge is 1.00 e. The van der Waals surface area contributed by atoms with E-state index in [1.54, 1.807) is 12.1 Å². The molecule has 0 amide bonds. The number of benzene rings is 2. The van der Waals surface area contributed by atoms with E-state index in [-0.39, 0.29) is 61.4 Å². The van der Waals surface area contributed by atoms with Crippen molar-refractivity contribution in [1.29, 1.82) is 0 Å². The number of hydrogen-bond acceptors (Lipinski definition) is 6. The fourth-order valence-electron chi connectivity index (χ4n) is 3.08. The Kier molecular flexibility index (Phi) is 7.19. The first kappa shape index (κ1) is 17.3. The molecule has 3 rings (SSSR count). The summed E-state index contributed by atoms with van der Waals surface area (Å²) in [6.07, 6.45) is 1.76. The average molecular weight is 449 g/mol. The zero-order valence-corrected chi connectivity index (χ0v) is 20.0. The molecule has 1 aromatic heterocycles. The van der Waals surface area contributed by atoms with E-state index in [9.17, 15) is 9.90 Å². The molecular weight excluding hydrogens is 413 g/mol. The Morgan fingerprint density at radius 1 is 1.06 bits per heavy atom. The predicted molar refractivity (Wildman–Crippen MR) is 120 cm³/mol. The zero-order valence-electron chi connectivity index (χ0n) is 25.0. The van der Waals surface area contributed by atoms with Gasteiger partial charge in [-0.05, 0) is 26.5 Å². The van der Waals surface area contributed by atoms with Crippen LogP contribution in [0.4, 0.5) is 5.82 Å². The van der Waals surface area contributed by atoms with Gasteiger partial charge < -0.3 is 19.5 Å². The van der Waals surface area contributed by atoms with Crippen LogP contribution in [0.5, 0.6) is 0 Å². The number of unbranched alkanes of at least 4 members (excludes halogenated alkanes) is 1. The molecular formula is C25H28N3NaO3. The molecule has 1 heterocycles. The van der Waals surface area contributed by atoms with Crippen molar-refractivity contribution < 1.29 is 53.8 Å². The SMILES string of the molecule is [2H]C([2H])([2H])C([2H])(N(CCCCOCC(=O)[O-])c1cnc(-c2ccccc2)c(-c2ccccc2)n1)C([2H])([2H])[2H].[Na+]. The Morgan fingerprint density at radius 2 is 1.69 bits per heavy atom. The number of ether oxygens (including phenoxy) is 1. The molecule has 6 nitrogen and oxygen atoms in total. The number of aliphatic carboxylic acids is 1. The smallest absolute Gasteiger partial charge is 0.548 e. The normalized spacial score (nSPS) is 14.9. The molecule has 2 aromatic carbocycles. The van der Waals surface area contributed by atoms with E-state index in [0.29, 0.717) is 17.0 Å². The van der Waals surface area contributed by atoms with Crippen LogP contribution in [-0.2, 0) is 9.53 Å². The standard InChI is InChI=1S/C25H29N3O3.Na/c1-19(2)28(15-9-10-16-31-18-23(29)30)22-17-26-24(20-11-5-3-6-12-20)25(27-22)21-13-7-4-8-14-21;/h3-8,11-14,17,19H,9-10,15-16,18H2,1-2H3,(H,29,30);/q;+1/p-1/i1D3,2D3,19D;. The minimum atomic E-state index is -3.24. The van der Waals surface area contributed by atoms with Gasteiger partial charge in [-0.2, -0.15) is 0 Å². The van der Waals surface area contributed by atoms with Gasteiger partial charge in [-0.15, -0.1) is 0 Å². The average Bonchev–Trinajstić information content (AvgIpc) is 2.87. The van der Waals surface area contributed by atoms with Gasteiger partial charge in [-0.3, -0.25) is 4.98 Å². The Morgan fingerprint density at radius 3 is 2.28 bits per heavy atom. The number of carbonyl (C=O) groups is 1. The number of rotatable bonds is 11.